The summed E-state index contributed by atoms with van der Waals surface area (Å²) in [6.45, 7) is 3.62. The van der Waals surface area contributed by atoms with Crippen LogP contribution in [0.3, 0.4) is 0 Å². The molecule has 0 unspecified atom stereocenters. The van der Waals surface area contributed by atoms with Gasteiger partial charge in [0.1, 0.15) is 15.7 Å². The van der Waals surface area contributed by atoms with Gasteiger partial charge >= 0.3 is 5.97 Å². The third-order valence-corrected chi connectivity index (χ3v) is 5.83. The molecule has 0 radical (unpaired) electrons. The Kier molecular flexibility index (Phi) is 7.84. The van der Waals surface area contributed by atoms with Crippen LogP contribution in [0.4, 0.5) is 15.3 Å². The van der Waals surface area contributed by atoms with E-state index in [1.54, 1.807) is 26.0 Å². The van der Waals surface area contributed by atoms with Gasteiger partial charge in [0.15, 0.2) is 10.9 Å². The van der Waals surface area contributed by atoms with Crippen molar-refractivity contribution < 1.29 is 23.5 Å². The second-order valence-corrected chi connectivity index (χ2v) is 8.18. The highest BCUT2D eigenvalue weighted by atomic mass is 32.2. The number of hydrogen-bond donors (Lipinski definition) is 2. The van der Waals surface area contributed by atoms with Gasteiger partial charge in [0.05, 0.1) is 23.6 Å². The van der Waals surface area contributed by atoms with Gasteiger partial charge in [0.2, 0.25) is 5.91 Å². The zero-order valence-electron chi connectivity index (χ0n) is 17.0. The molecule has 0 bridgehead atoms. The van der Waals surface area contributed by atoms with E-state index in [9.17, 15) is 18.8 Å². The van der Waals surface area contributed by atoms with Gasteiger partial charge in [-0.1, -0.05) is 35.2 Å². The molecule has 3 aromatic rings. The first-order valence-corrected chi connectivity index (χ1v) is 11.1. The van der Waals surface area contributed by atoms with Crippen molar-refractivity contribution in [2.75, 3.05) is 23.0 Å². The first-order chi connectivity index (χ1) is 15.4. The maximum absolute atomic E-state index is 13.7. The average molecular weight is 476 g/mol. The van der Waals surface area contributed by atoms with Crippen molar-refractivity contribution >= 4 is 51.8 Å². The Labute approximate surface area is 190 Å². The van der Waals surface area contributed by atoms with Crippen LogP contribution < -0.4 is 10.6 Å². The minimum absolute atomic E-state index is 0.0307. The number of carbonyl (C=O) groups is 3. The maximum Gasteiger partial charge on any atom is 0.350 e. The number of anilines is 2. The minimum atomic E-state index is -0.641. The number of rotatable bonds is 8. The van der Waals surface area contributed by atoms with Gasteiger partial charge in [0.25, 0.3) is 5.91 Å². The maximum atomic E-state index is 13.7. The van der Waals surface area contributed by atoms with Gasteiger partial charge in [-0.25, -0.2) is 14.2 Å². The molecule has 32 heavy (non-hydrogen) atoms. The lowest BCUT2D eigenvalue weighted by molar-refractivity contribution is -0.113. The third kappa shape index (κ3) is 6.08. The minimum Gasteiger partial charge on any atom is -0.462 e. The molecule has 0 spiro atoms. The van der Waals surface area contributed by atoms with Crippen LogP contribution in [0, 0.1) is 12.7 Å². The van der Waals surface area contributed by atoms with Crippen molar-refractivity contribution in [3.8, 4) is 0 Å². The van der Waals surface area contributed by atoms with Crippen LogP contribution in [0.25, 0.3) is 0 Å². The van der Waals surface area contributed by atoms with Crippen LogP contribution in [0.5, 0.6) is 0 Å². The molecule has 0 aliphatic carbocycles. The van der Waals surface area contributed by atoms with Crippen molar-refractivity contribution in [3.05, 3.63) is 58.3 Å². The number of thioether (sulfide) groups is 1. The number of nitrogens with zero attached hydrogens (tertiary/aromatic N) is 3. The predicted molar refractivity (Wildman–Crippen MR) is 119 cm³/mol. The lowest BCUT2D eigenvalue weighted by Gasteiger charge is -2.05. The lowest BCUT2D eigenvalue weighted by Crippen LogP contribution is -2.15. The fraction of sp³-hybridized carbons (Fsp3) is 0.200. The molecule has 0 aliphatic heterocycles. The van der Waals surface area contributed by atoms with E-state index in [-0.39, 0.29) is 29.6 Å². The van der Waals surface area contributed by atoms with E-state index in [1.807, 2.05) is 0 Å². The molecular weight excluding hydrogens is 457 g/mol. The van der Waals surface area contributed by atoms with Crippen LogP contribution in [0.15, 0.2) is 41.4 Å². The highest BCUT2D eigenvalue weighted by molar-refractivity contribution is 7.99. The standard InChI is InChI=1S/C20H18FN5O4S2/c1-3-30-19(29)17-11(2)22-20(32-17)24-15(27)10-31-16-9-8-14(25-26-16)23-18(28)12-6-4-5-7-13(12)21/h4-9H,3,10H2,1-2H3,(H,22,24,27)(H,23,25,28). The van der Waals surface area contributed by atoms with Gasteiger partial charge in [-0.15, -0.1) is 10.2 Å². The van der Waals surface area contributed by atoms with Crippen molar-refractivity contribution in [2.24, 2.45) is 0 Å². The van der Waals surface area contributed by atoms with Gasteiger partial charge in [-0.3, -0.25) is 9.59 Å². The van der Waals surface area contributed by atoms with Gasteiger partial charge in [-0.2, -0.15) is 0 Å². The number of esters is 1. The smallest absolute Gasteiger partial charge is 0.350 e. The number of aromatic nitrogens is 3. The Morgan fingerprint density at radius 3 is 2.59 bits per heavy atom. The van der Waals surface area contributed by atoms with Crippen LogP contribution >= 0.6 is 23.1 Å². The Morgan fingerprint density at radius 2 is 1.91 bits per heavy atom. The fourth-order valence-electron chi connectivity index (χ4n) is 2.42. The average Bonchev–Trinajstić information content (AvgIpc) is 3.13. The molecule has 12 heteroatoms. The molecule has 9 nitrogen and oxygen atoms in total. The molecule has 3 rings (SSSR count). The molecule has 0 fully saturated rings. The van der Waals surface area contributed by atoms with Crippen LogP contribution in [0.1, 0.15) is 32.6 Å². The summed E-state index contributed by atoms with van der Waals surface area (Å²) in [6.07, 6.45) is 0. The Hall–Kier alpha value is -3.38. The van der Waals surface area contributed by atoms with Gasteiger partial charge in [-0.05, 0) is 38.1 Å². The van der Waals surface area contributed by atoms with Crippen LogP contribution in [-0.2, 0) is 9.53 Å². The third-order valence-electron chi connectivity index (χ3n) is 3.86. The lowest BCUT2D eigenvalue weighted by atomic mass is 10.2. The summed E-state index contributed by atoms with van der Waals surface area (Å²) in [7, 11) is 0. The highest BCUT2D eigenvalue weighted by Crippen LogP contribution is 2.24. The van der Waals surface area contributed by atoms with E-state index < -0.39 is 17.7 Å². The zero-order chi connectivity index (χ0) is 23.1. The molecule has 0 aliphatic rings. The second kappa shape index (κ2) is 10.8. The molecule has 2 N–H and O–H groups in total. The van der Waals surface area contributed by atoms with E-state index in [2.05, 4.69) is 25.8 Å². The summed E-state index contributed by atoms with van der Waals surface area (Å²) in [4.78, 5) is 40.6. The number of ether oxygens (including phenoxy) is 1. The highest BCUT2D eigenvalue weighted by Gasteiger charge is 2.18. The largest absolute Gasteiger partial charge is 0.462 e. The molecule has 2 amide bonds. The number of hydrogen-bond acceptors (Lipinski definition) is 9. The number of carbonyl (C=O) groups excluding carboxylic acids is 3. The topological polar surface area (TPSA) is 123 Å². The number of halogens is 1. The number of aryl methyl sites for hydroxylation is 1. The molecular formula is C20H18FN5O4S2. The summed E-state index contributed by atoms with van der Waals surface area (Å²) >= 11 is 2.17. The van der Waals surface area contributed by atoms with E-state index in [4.69, 9.17) is 4.74 Å². The quantitative estimate of drug-likeness (QED) is 0.375. The Morgan fingerprint density at radius 1 is 1.12 bits per heavy atom. The monoisotopic (exact) mass is 475 g/mol. The van der Waals surface area contributed by atoms with Gasteiger partial charge < -0.3 is 15.4 Å². The molecule has 0 atom stereocenters. The van der Waals surface area contributed by atoms with E-state index in [1.165, 1.54) is 24.3 Å². The molecule has 166 valence electrons. The second-order valence-electron chi connectivity index (χ2n) is 6.18. The summed E-state index contributed by atoms with van der Waals surface area (Å²) in [5.41, 5.74) is 0.378. The van der Waals surface area contributed by atoms with E-state index >= 15 is 0 Å². The van der Waals surface area contributed by atoms with Crippen LogP contribution in [-0.4, -0.2) is 45.3 Å². The number of thiazole rings is 1. The van der Waals surface area contributed by atoms with Crippen molar-refractivity contribution in [2.45, 2.75) is 18.9 Å². The summed E-state index contributed by atoms with van der Waals surface area (Å²) < 4.78 is 18.6. The summed E-state index contributed by atoms with van der Waals surface area (Å²) in [6, 6.07) is 8.68. The molecule has 1 aromatic carbocycles. The zero-order valence-corrected chi connectivity index (χ0v) is 18.7. The Bertz CT molecular complexity index is 1140. The molecule has 0 saturated heterocycles. The van der Waals surface area contributed by atoms with Crippen molar-refractivity contribution in [1.82, 2.24) is 15.2 Å². The van der Waals surface area contributed by atoms with Crippen molar-refractivity contribution in [3.63, 3.8) is 0 Å². The predicted octanol–water partition coefficient (Wildman–Crippen LogP) is 3.54. The Balaban J connectivity index is 1.51. The van der Waals surface area contributed by atoms with Gasteiger partial charge in [0, 0.05) is 0 Å². The molecule has 2 aromatic heterocycles. The van der Waals surface area contributed by atoms with Crippen molar-refractivity contribution in [1.29, 1.82) is 0 Å². The molecule has 0 saturated carbocycles. The number of amides is 2. The summed E-state index contributed by atoms with van der Waals surface area (Å²) in [5, 5.41) is 13.7. The first-order valence-electron chi connectivity index (χ1n) is 9.34. The first kappa shape index (κ1) is 23.3. The normalized spacial score (nSPS) is 10.5. The SMILES string of the molecule is CCOC(=O)c1sc(NC(=O)CSc2ccc(NC(=O)c3ccccc3F)nn2)nc1C. The number of benzene rings is 1. The fourth-order valence-corrected chi connectivity index (χ4v) is 3.91. The summed E-state index contributed by atoms with van der Waals surface area (Å²) in [5.74, 6) is -1.91. The molecule has 2 heterocycles. The van der Waals surface area contributed by atoms with E-state index in [0.717, 1.165) is 23.1 Å². The van der Waals surface area contributed by atoms with E-state index in [0.29, 0.717) is 20.7 Å². The van der Waals surface area contributed by atoms with Crippen LogP contribution in [0.2, 0.25) is 0 Å². The number of nitrogens with one attached hydrogen (secondary N) is 2.